The summed E-state index contributed by atoms with van der Waals surface area (Å²) in [5.74, 6) is 1.33. The van der Waals surface area contributed by atoms with Crippen LogP contribution in [0.1, 0.15) is 24.4 Å². The summed E-state index contributed by atoms with van der Waals surface area (Å²) in [4.78, 5) is 11.3. The Labute approximate surface area is 167 Å². The van der Waals surface area contributed by atoms with Gasteiger partial charge in [-0.05, 0) is 42.7 Å². The highest BCUT2D eigenvalue weighted by Gasteiger charge is 2.29. The summed E-state index contributed by atoms with van der Waals surface area (Å²) in [6.45, 7) is 0.897. The monoisotopic (exact) mass is 389 g/mol. The van der Waals surface area contributed by atoms with Crippen molar-refractivity contribution in [2.45, 2.75) is 18.9 Å². The molecule has 0 saturated carbocycles. The largest absolute Gasteiger partial charge is 0.497 e. The van der Waals surface area contributed by atoms with Crippen molar-refractivity contribution in [1.29, 1.82) is 0 Å². The number of aromatic nitrogens is 4. The second-order valence-corrected chi connectivity index (χ2v) is 7.07. The van der Waals surface area contributed by atoms with E-state index < -0.39 is 0 Å². The van der Waals surface area contributed by atoms with E-state index in [1.54, 1.807) is 31.5 Å². The molecule has 0 amide bonds. The molecule has 0 spiro atoms. The Kier molecular flexibility index (Phi) is 4.35. The molecule has 2 aromatic carbocycles. The molecule has 0 radical (unpaired) electrons. The van der Waals surface area contributed by atoms with Crippen LogP contribution in [0.2, 0.25) is 0 Å². The Hall–Kier alpha value is -3.48. The number of anilines is 1. The molecule has 1 atom stereocenters. The van der Waals surface area contributed by atoms with Crippen LogP contribution < -0.4 is 9.64 Å². The lowest BCUT2D eigenvalue weighted by Crippen LogP contribution is -2.23. The molecule has 4 aromatic rings. The highest BCUT2D eigenvalue weighted by molar-refractivity contribution is 5.88. The second-order valence-electron chi connectivity index (χ2n) is 7.07. The Morgan fingerprint density at radius 2 is 1.90 bits per heavy atom. The van der Waals surface area contributed by atoms with Crippen molar-refractivity contribution in [3.8, 4) is 11.4 Å². The molecule has 1 aliphatic heterocycles. The van der Waals surface area contributed by atoms with Crippen LogP contribution >= 0.6 is 0 Å². The summed E-state index contributed by atoms with van der Waals surface area (Å²) in [7, 11) is 1.67. The average Bonchev–Trinajstić information content (AvgIpc) is 3.41. The molecule has 0 bridgehead atoms. The smallest absolute Gasteiger partial charge is 0.168 e. The first-order valence-electron chi connectivity index (χ1n) is 9.60. The number of hydrogen-bond donors (Lipinski definition) is 0. The molecule has 5 rings (SSSR count). The van der Waals surface area contributed by atoms with Gasteiger partial charge < -0.3 is 9.64 Å². The van der Waals surface area contributed by atoms with Gasteiger partial charge in [0.1, 0.15) is 29.4 Å². The Bertz CT molecular complexity index is 1160. The van der Waals surface area contributed by atoms with E-state index in [1.807, 2.05) is 12.1 Å². The summed E-state index contributed by atoms with van der Waals surface area (Å²) >= 11 is 0. The summed E-state index contributed by atoms with van der Waals surface area (Å²) < 4.78 is 21.1. The zero-order valence-corrected chi connectivity index (χ0v) is 16.0. The van der Waals surface area contributed by atoms with Gasteiger partial charge in [-0.3, -0.25) is 0 Å². The predicted octanol–water partition coefficient (Wildman–Crippen LogP) is 4.30. The molecule has 1 aliphatic rings. The van der Waals surface area contributed by atoms with E-state index >= 15 is 0 Å². The summed E-state index contributed by atoms with van der Waals surface area (Å²) in [5, 5.41) is 5.23. The molecular weight excluding hydrogens is 369 g/mol. The van der Waals surface area contributed by atoms with E-state index in [0.29, 0.717) is 11.3 Å². The van der Waals surface area contributed by atoms with E-state index in [9.17, 15) is 4.39 Å². The molecule has 6 nitrogen and oxygen atoms in total. The van der Waals surface area contributed by atoms with E-state index in [-0.39, 0.29) is 11.9 Å². The number of benzene rings is 2. The van der Waals surface area contributed by atoms with Crippen LogP contribution in [-0.4, -0.2) is 33.4 Å². The van der Waals surface area contributed by atoms with Gasteiger partial charge in [0.05, 0.1) is 24.7 Å². The Morgan fingerprint density at radius 1 is 1.07 bits per heavy atom. The van der Waals surface area contributed by atoms with Gasteiger partial charge in [0.25, 0.3) is 0 Å². The van der Waals surface area contributed by atoms with Crippen LogP contribution in [0.25, 0.3) is 16.7 Å². The third kappa shape index (κ3) is 2.99. The highest BCUT2D eigenvalue weighted by atomic mass is 19.1. The minimum atomic E-state index is -0.338. The molecule has 146 valence electrons. The molecule has 1 saturated heterocycles. The third-order valence-corrected chi connectivity index (χ3v) is 5.45. The SMILES string of the molecule is COc1ccc(C2CCCN2c2ncnc3c2cnn3-c2ccccc2F)cc1. The summed E-state index contributed by atoms with van der Waals surface area (Å²) in [5.41, 5.74) is 2.19. The summed E-state index contributed by atoms with van der Waals surface area (Å²) in [6.07, 6.45) is 5.36. The van der Waals surface area contributed by atoms with Gasteiger partial charge in [-0.1, -0.05) is 24.3 Å². The quantitative estimate of drug-likeness (QED) is 0.521. The molecular formula is C22H20FN5O. The second kappa shape index (κ2) is 7.16. The lowest BCUT2D eigenvalue weighted by molar-refractivity contribution is 0.414. The van der Waals surface area contributed by atoms with E-state index in [4.69, 9.17) is 4.74 Å². The maximum atomic E-state index is 14.3. The fourth-order valence-electron chi connectivity index (χ4n) is 4.05. The van der Waals surface area contributed by atoms with Gasteiger partial charge in [0.2, 0.25) is 0 Å². The normalized spacial score (nSPS) is 16.5. The molecule has 1 unspecified atom stereocenters. The van der Waals surface area contributed by atoms with Gasteiger partial charge in [-0.25, -0.2) is 19.0 Å². The lowest BCUT2D eigenvalue weighted by Gasteiger charge is -2.26. The molecule has 0 N–H and O–H groups in total. The molecule has 1 fully saturated rings. The van der Waals surface area contributed by atoms with Crippen molar-refractivity contribution in [2.24, 2.45) is 0 Å². The standard InChI is InChI=1S/C22H20FN5O/c1-29-16-10-8-15(9-11-16)19-7-4-12-27(19)21-17-13-26-28(22(17)25-14-24-21)20-6-3-2-5-18(20)23/h2-3,5-6,8-11,13-14,19H,4,7,12H2,1H3. The van der Waals surface area contributed by atoms with E-state index in [0.717, 1.165) is 36.3 Å². The van der Waals surface area contributed by atoms with Gasteiger partial charge in [0.15, 0.2) is 5.65 Å². The molecule has 0 aliphatic carbocycles. The van der Waals surface area contributed by atoms with Gasteiger partial charge in [0, 0.05) is 6.54 Å². The van der Waals surface area contributed by atoms with E-state index in [1.165, 1.54) is 22.6 Å². The number of ether oxygens (including phenoxy) is 1. The van der Waals surface area contributed by atoms with Crippen molar-refractivity contribution >= 4 is 16.9 Å². The van der Waals surface area contributed by atoms with Crippen molar-refractivity contribution < 1.29 is 9.13 Å². The predicted molar refractivity (Wildman–Crippen MR) is 109 cm³/mol. The number of para-hydroxylation sites is 1. The van der Waals surface area contributed by atoms with Crippen molar-refractivity contribution in [2.75, 3.05) is 18.6 Å². The van der Waals surface area contributed by atoms with Crippen LogP contribution in [0, 0.1) is 5.82 Å². The van der Waals surface area contributed by atoms with Crippen molar-refractivity contribution in [3.63, 3.8) is 0 Å². The van der Waals surface area contributed by atoms with Crippen LogP contribution in [0.4, 0.5) is 10.2 Å². The summed E-state index contributed by atoms with van der Waals surface area (Å²) in [6, 6.07) is 14.9. The van der Waals surface area contributed by atoms with Gasteiger partial charge in [-0.2, -0.15) is 5.10 Å². The average molecular weight is 389 g/mol. The first-order valence-corrected chi connectivity index (χ1v) is 9.60. The van der Waals surface area contributed by atoms with Crippen molar-refractivity contribution in [1.82, 2.24) is 19.7 Å². The van der Waals surface area contributed by atoms with Gasteiger partial charge >= 0.3 is 0 Å². The Balaban J connectivity index is 1.57. The van der Waals surface area contributed by atoms with Crippen LogP contribution in [0.15, 0.2) is 61.1 Å². The van der Waals surface area contributed by atoms with E-state index in [2.05, 4.69) is 32.1 Å². The number of fused-ring (bicyclic) bond motifs is 1. The topological polar surface area (TPSA) is 56.1 Å². The fourth-order valence-corrected chi connectivity index (χ4v) is 4.05. The Morgan fingerprint density at radius 3 is 2.69 bits per heavy atom. The fraction of sp³-hybridized carbons (Fsp3) is 0.227. The minimum Gasteiger partial charge on any atom is -0.497 e. The number of hydrogen-bond acceptors (Lipinski definition) is 5. The van der Waals surface area contributed by atoms with Crippen molar-refractivity contribution in [3.05, 3.63) is 72.4 Å². The first kappa shape index (κ1) is 17.6. The maximum absolute atomic E-state index is 14.3. The highest BCUT2D eigenvalue weighted by Crippen LogP contribution is 2.38. The molecule has 3 heterocycles. The third-order valence-electron chi connectivity index (χ3n) is 5.45. The van der Waals surface area contributed by atoms with Crippen LogP contribution in [0.5, 0.6) is 5.75 Å². The number of rotatable bonds is 4. The molecule has 2 aromatic heterocycles. The minimum absolute atomic E-state index is 0.218. The zero-order chi connectivity index (χ0) is 19.8. The zero-order valence-electron chi connectivity index (χ0n) is 16.0. The number of nitrogens with zero attached hydrogens (tertiary/aromatic N) is 5. The first-order chi connectivity index (χ1) is 14.3. The van der Waals surface area contributed by atoms with Gasteiger partial charge in [-0.15, -0.1) is 0 Å². The van der Waals surface area contributed by atoms with Crippen LogP contribution in [-0.2, 0) is 0 Å². The molecule has 29 heavy (non-hydrogen) atoms. The van der Waals surface area contributed by atoms with Crippen LogP contribution in [0.3, 0.4) is 0 Å². The number of methoxy groups -OCH3 is 1. The molecule has 7 heteroatoms. The number of halogens is 1. The maximum Gasteiger partial charge on any atom is 0.168 e. The lowest BCUT2D eigenvalue weighted by atomic mass is 10.0.